The SMILES string of the molecule is O=C(c1c(F)cccc1F)N1CCSc2nnc(COc3cc(Cl)ccc3Cl)n21. The van der Waals surface area contributed by atoms with Gasteiger partial charge in [0.2, 0.25) is 5.16 Å². The molecule has 1 amide bonds. The molecular weight excluding hydrogens is 445 g/mol. The number of amides is 1. The summed E-state index contributed by atoms with van der Waals surface area (Å²) in [6.07, 6.45) is 0. The lowest BCUT2D eigenvalue weighted by Crippen LogP contribution is -2.46. The number of halogens is 4. The van der Waals surface area contributed by atoms with Crippen molar-refractivity contribution in [3.8, 4) is 5.75 Å². The minimum absolute atomic E-state index is 0.0862. The van der Waals surface area contributed by atoms with Crippen LogP contribution in [0.2, 0.25) is 10.0 Å². The Kier molecular flexibility index (Phi) is 5.62. The Morgan fingerprint density at radius 1 is 1.17 bits per heavy atom. The van der Waals surface area contributed by atoms with Crippen LogP contribution in [-0.2, 0) is 6.61 Å². The van der Waals surface area contributed by atoms with E-state index in [0.717, 1.165) is 12.1 Å². The van der Waals surface area contributed by atoms with Gasteiger partial charge in [0.25, 0.3) is 5.91 Å². The van der Waals surface area contributed by atoms with Gasteiger partial charge in [-0.05, 0) is 24.3 Å². The van der Waals surface area contributed by atoms with Gasteiger partial charge in [-0.2, -0.15) is 0 Å². The van der Waals surface area contributed by atoms with Gasteiger partial charge in [0.15, 0.2) is 5.82 Å². The number of carbonyl (C=O) groups excluding carboxylic acids is 1. The zero-order chi connectivity index (χ0) is 20.5. The standard InChI is InChI=1S/C18H12Cl2F2N4O2S/c19-10-4-5-11(20)14(8-10)28-9-15-23-24-18-26(15)25(6-7-29-18)17(27)16-12(21)2-1-3-13(16)22/h1-5,8H,6-7,9H2. The van der Waals surface area contributed by atoms with Crippen molar-refractivity contribution in [2.24, 2.45) is 0 Å². The van der Waals surface area contributed by atoms with E-state index in [2.05, 4.69) is 10.2 Å². The largest absolute Gasteiger partial charge is 0.484 e. The summed E-state index contributed by atoms with van der Waals surface area (Å²) in [5.41, 5.74) is -0.635. The molecular formula is C18H12Cl2F2N4O2S. The average Bonchev–Trinajstić information content (AvgIpc) is 3.11. The van der Waals surface area contributed by atoms with Gasteiger partial charge < -0.3 is 4.74 Å². The maximum atomic E-state index is 14.1. The van der Waals surface area contributed by atoms with Crippen molar-refractivity contribution in [1.29, 1.82) is 0 Å². The number of carbonyl (C=O) groups is 1. The smallest absolute Gasteiger partial charge is 0.278 e. The van der Waals surface area contributed by atoms with Crippen LogP contribution in [0.25, 0.3) is 0 Å². The number of thioether (sulfide) groups is 1. The van der Waals surface area contributed by atoms with E-state index in [4.69, 9.17) is 27.9 Å². The molecule has 0 radical (unpaired) electrons. The lowest BCUT2D eigenvalue weighted by atomic mass is 10.2. The van der Waals surface area contributed by atoms with E-state index in [9.17, 15) is 13.6 Å². The maximum Gasteiger partial charge on any atom is 0.278 e. The molecule has 0 N–H and O–H groups in total. The molecule has 0 bridgehead atoms. The number of rotatable bonds is 4. The van der Waals surface area contributed by atoms with E-state index < -0.39 is 23.1 Å². The molecule has 4 rings (SSSR count). The first-order valence-electron chi connectivity index (χ1n) is 8.37. The fourth-order valence-electron chi connectivity index (χ4n) is 2.80. The average molecular weight is 457 g/mol. The van der Waals surface area contributed by atoms with Gasteiger partial charge >= 0.3 is 0 Å². The highest BCUT2D eigenvalue weighted by Crippen LogP contribution is 2.29. The van der Waals surface area contributed by atoms with E-state index in [-0.39, 0.29) is 19.0 Å². The summed E-state index contributed by atoms with van der Waals surface area (Å²) in [7, 11) is 0. The number of nitrogens with zero attached hydrogens (tertiary/aromatic N) is 4. The maximum absolute atomic E-state index is 14.1. The fourth-order valence-corrected chi connectivity index (χ4v) is 4.00. The molecule has 1 aliphatic heterocycles. The number of fused-ring (bicyclic) bond motifs is 1. The highest BCUT2D eigenvalue weighted by atomic mass is 35.5. The Labute approximate surface area is 178 Å². The molecule has 0 saturated heterocycles. The first-order valence-corrected chi connectivity index (χ1v) is 10.1. The third-order valence-corrected chi connectivity index (χ3v) is 5.56. The molecule has 11 heteroatoms. The predicted molar refractivity (Wildman–Crippen MR) is 105 cm³/mol. The van der Waals surface area contributed by atoms with Crippen molar-refractivity contribution >= 4 is 40.9 Å². The van der Waals surface area contributed by atoms with Crippen molar-refractivity contribution in [2.75, 3.05) is 17.3 Å². The van der Waals surface area contributed by atoms with Crippen LogP contribution >= 0.6 is 35.0 Å². The van der Waals surface area contributed by atoms with Gasteiger partial charge in [0.1, 0.15) is 29.6 Å². The molecule has 1 aliphatic rings. The molecule has 0 spiro atoms. The number of hydrogen-bond acceptors (Lipinski definition) is 5. The molecule has 0 atom stereocenters. The van der Waals surface area contributed by atoms with Crippen LogP contribution in [0, 0.1) is 11.6 Å². The van der Waals surface area contributed by atoms with Crippen LogP contribution in [0.4, 0.5) is 8.78 Å². The van der Waals surface area contributed by atoms with E-state index in [1.165, 1.54) is 27.5 Å². The minimum atomic E-state index is -0.939. The van der Waals surface area contributed by atoms with Gasteiger partial charge in [-0.1, -0.05) is 41.0 Å². The molecule has 150 valence electrons. The summed E-state index contributed by atoms with van der Waals surface area (Å²) >= 11 is 13.4. The quantitative estimate of drug-likeness (QED) is 0.584. The number of benzene rings is 2. The van der Waals surface area contributed by atoms with Crippen LogP contribution in [0.1, 0.15) is 16.2 Å². The summed E-state index contributed by atoms with van der Waals surface area (Å²) in [5.74, 6) is -1.60. The summed E-state index contributed by atoms with van der Waals surface area (Å²) in [4.78, 5) is 12.9. The predicted octanol–water partition coefficient (Wildman–Crippen LogP) is 4.33. The highest BCUT2D eigenvalue weighted by Gasteiger charge is 2.31. The fraction of sp³-hybridized carbons (Fsp3) is 0.167. The van der Waals surface area contributed by atoms with Crippen LogP contribution in [0.5, 0.6) is 5.75 Å². The Morgan fingerprint density at radius 2 is 1.93 bits per heavy atom. The van der Waals surface area contributed by atoms with Gasteiger partial charge in [0.05, 0.1) is 11.6 Å². The van der Waals surface area contributed by atoms with Crippen molar-refractivity contribution in [3.05, 3.63) is 69.5 Å². The Balaban J connectivity index is 1.65. The molecule has 0 fully saturated rings. The van der Waals surface area contributed by atoms with Crippen molar-refractivity contribution in [1.82, 2.24) is 14.9 Å². The summed E-state index contributed by atoms with van der Waals surface area (Å²) < 4.78 is 35.3. The second-order valence-electron chi connectivity index (χ2n) is 5.95. The van der Waals surface area contributed by atoms with Crippen LogP contribution in [0.15, 0.2) is 41.6 Å². The summed E-state index contributed by atoms with van der Waals surface area (Å²) in [5, 5.41) is 10.5. The van der Waals surface area contributed by atoms with Gasteiger partial charge in [-0.3, -0.25) is 4.79 Å². The Hall–Kier alpha value is -2.36. The molecule has 1 aromatic heterocycles. The first-order chi connectivity index (χ1) is 14.0. The van der Waals surface area contributed by atoms with E-state index in [0.29, 0.717) is 26.7 Å². The molecule has 0 unspecified atom stereocenters. The molecule has 0 aliphatic carbocycles. The van der Waals surface area contributed by atoms with Gasteiger partial charge in [-0.25, -0.2) is 18.5 Å². The number of ether oxygens (including phenoxy) is 1. The zero-order valence-corrected chi connectivity index (χ0v) is 16.9. The third-order valence-electron chi connectivity index (χ3n) is 4.11. The molecule has 6 nitrogen and oxygen atoms in total. The molecule has 2 heterocycles. The van der Waals surface area contributed by atoms with Crippen LogP contribution in [0.3, 0.4) is 0 Å². The Bertz CT molecular complexity index is 1080. The third kappa shape index (κ3) is 3.90. The zero-order valence-electron chi connectivity index (χ0n) is 14.6. The molecule has 3 aromatic rings. The lowest BCUT2D eigenvalue weighted by molar-refractivity contribution is 0.0944. The first kappa shape index (κ1) is 19.9. The van der Waals surface area contributed by atoms with E-state index in [1.807, 2.05) is 0 Å². The summed E-state index contributed by atoms with van der Waals surface area (Å²) in [6, 6.07) is 8.02. The summed E-state index contributed by atoms with van der Waals surface area (Å²) in [6.45, 7) is 0.129. The van der Waals surface area contributed by atoms with Crippen LogP contribution in [-0.4, -0.2) is 33.1 Å². The van der Waals surface area contributed by atoms with Crippen LogP contribution < -0.4 is 9.75 Å². The number of aromatic nitrogens is 3. The van der Waals surface area contributed by atoms with Gasteiger partial charge in [0, 0.05) is 16.8 Å². The van der Waals surface area contributed by atoms with Crippen molar-refractivity contribution in [3.63, 3.8) is 0 Å². The normalized spacial score (nSPS) is 13.3. The topological polar surface area (TPSA) is 60.3 Å². The highest BCUT2D eigenvalue weighted by molar-refractivity contribution is 7.99. The second-order valence-corrected chi connectivity index (χ2v) is 7.85. The van der Waals surface area contributed by atoms with E-state index in [1.54, 1.807) is 18.2 Å². The lowest BCUT2D eigenvalue weighted by Gasteiger charge is -2.29. The molecule has 29 heavy (non-hydrogen) atoms. The molecule has 0 saturated carbocycles. The molecule has 2 aromatic carbocycles. The Morgan fingerprint density at radius 3 is 2.69 bits per heavy atom. The van der Waals surface area contributed by atoms with Crippen molar-refractivity contribution < 1.29 is 18.3 Å². The monoisotopic (exact) mass is 456 g/mol. The second kappa shape index (κ2) is 8.17. The van der Waals surface area contributed by atoms with E-state index >= 15 is 0 Å². The van der Waals surface area contributed by atoms with Crippen molar-refractivity contribution in [2.45, 2.75) is 11.8 Å². The van der Waals surface area contributed by atoms with Gasteiger partial charge in [-0.15, -0.1) is 10.2 Å². The number of hydrogen-bond donors (Lipinski definition) is 0. The minimum Gasteiger partial charge on any atom is -0.484 e.